The number of anilines is 1. The van der Waals surface area contributed by atoms with Gasteiger partial charge in [-0.2, -0.15) is 0 Å². The number of phenolic OH excluding ortho intramolecular Hbond substituents is 1. The van der Waals surface area contributed by atoms with Gasteiger partial charge in [0.05, 0.1) is 22.8 Å². The summed E-state index contributed by atoms with van der Waals surface area (Å²) < 4.78 is 0. The monoisotopic (exact) mass is 365 g/mol. The van der Waals surface area contributed by atoms with E-state index >= 15 is 0 Å². The van der Waals surface area contributed by atoms with Crippen LogP contribution < -0.4 is 16.0 Å². The Kier molecular flexibility index (Phi) is 4.26. The summed E-state index contributed by atoms with van der Waals surface area (Å²) in [5.41, 5.74) is 6.55. The molecule has 1 atom stereocenters. The third kappa shape index (κ3) is 2.86. The van der Waals surface area contributed by atoms with E-state index in [0.717, 1.165) is 0 Å². The molecule has 1 aliphatic heterocycles. The molecule has 3 rings (SSSR count). The van der Waals surface area contributed by atoms with Crippen LogP contribution in [-0.2, 0) is 4.79 Å². The van der Waals surface area contributed by atoms with E-state index in [0.29, 0.717) is 16.3 Å². The summed E-state index contributed by atoms with van der Waals surface area (Å²) in [6.45, 7) is -0.161. The molecule has 0 aliphatic carbocycles. The number of rotatable bonds is 3. The molecule has 0 saturated carbocycles. The fourth-order valence-electron chi connectivity index (χ4n) is 2.72. The van der Waals surface area contributed by atoms with Crippen LogP contribution in [0.2, 0.25) is 10.0 Å². The second kappa shape index (κ2) is 6.22. The molecule has 24 heavy (non-hydrogen) atoms. The zero-order chi connectivity index (χ0) is 17.4. The van der Waals surface area contributed by atoms with Crippen molar-refractivity contribution in [2.75, 3.05) is 11.4 Å². The van der Waals surface area contributed by atoms with Crippen LogP contribution in [0.1, 0.15) is 22.1 Å². The quantitative estimate of drug-likeness (QED) is 0.778. The van der Waals surface area contributed by atoms with Gasteiger partial charge in [-0.3, -0.25) is 9.59 Å². The standard InChI is InChI=1S/C16H13Cl2N3O3/c17-8-5-10(14(23)11(18)6-8)15-20-16(24)9-3-1-2-4-12(9)21(15)7-13(19)22/h1-6,15,23H,7H2,(H2,19,22)(H,20,24)/t15-/m1/s1. The van der Waals surface area contributed by atoms with Gasteiger partial charge in [-0.15, -0.1) is 0 Å². The number of phenols is 1. The summed E-state index contributed by atoms with van der Waals surface area (Å²) in [7, 11) is 0. The van der Waals surface area contributed by atoms with Gasteiger partial charge in [0, 0.05) is 10.6 Å². The van der Waals surface area contributed by atoms with Gasteiger partial charge in [0.25, 0.3) is 5.91 Å². The molecule has 0 fully saturated rings. The maximum atomic E-state index is 12.4. The number of hydrogen-bond acceptors (Lipinski definition) is 4. The number of hydrogen-bond donors (Lipinski definition) is 3. The van der Waals surface area contributed by atoms with Gasteiger partial charge in [-0.1, -0.05) is 35.3 Å². The Morgan fingerprint density at radius 2 is 2.00 bits per heavy atom. The number of primary amides is 1. The van der Waals surface area contributed by atoms with Crippen molar-refractivity contribution in [1.29, 1.82) is 0 Å². The summed E-state index contributed by atoms with van der Waals surface area (Å²) in [4.78, 5) is 25.5. The molecule has 0 aromatic heterocycles. The first-order valence-electron chi connectivity index (χ1n) is 7.01. The van der Waals surface area contributed by atoms with Crippen molar-refractivity contribution in [2.45, 2.75) is 6.17 Å². The van der Waals surface area contributed by atoms with Crippen molar-refractivity contribution < 1.29 is 14.7 Å². The summed E-state index contributed by atoms with van der Waals surface area (Å²) in [6, 6.07) is 9.67. The van der Waals surface area contributed by atoms with Gasteiger partial charge < -0.3 is 21.1 Å². The number of nitrogens with zero attached hydrogens (tertiary/aromatic N) is 1. The number of fused-ring (bicyclic) bond motifs is 1. The largest absolute Gasteiger partial charge is 0.506 e. The van der Waals surface area contributed by atoms with Crippen molar-refractivity contribution in [3.05, 3.63) is 57.6 Å². The Morgan fingerprint density at radius 3 is 2.71 bits per heavy atom. The van der Waals surface area contributed by atoms with E-state index in [1.807, 2.05) is 0 Å². The maximum Gasteiger partial charge on any atom is 0.255 e. The van der Waals surface area contributed by atoms with E-state index in [9.17, 15) is 14.7 Å². The van der Waals surface area contributed by atoms with E-state index in [2.05, 4.69) is 5.32 Å². The number of carbonyl (C=O) groups excluding carboxylic acids is 2. The lowest BCUT2D eigenvalue weighted by Crippen LogP contribution is -2.49. The molecule has 2 aromatic carbocycles. The van der Waals surface area contributed by atoms with Gasteiger partial charge in [0.15, 0.2) is 0 Å². The van der Waals surface area contributed by atoms with E-state index < -0.39 is 12.1 Å². The van der Waals surface area contributed by atoms with Gasteiger partial charge in [-0.25, -0.2) is 0 Å². The van der Waals surface area contributed by atoms with Crippen LogP contribution in [0.15, 0.2) is 36.4 Å². The van der Waals surface area contributed by atoms with E-state index in [4.69, 9.17) is 28.9 Å². The topological polar surface area (TPSA) is 95.7 Å². The first-order valence-corrected chi connectivity index (χ1v) is 7.77. The third-order valence-electron chi connectivity index (χ3n) is 3.72. The maximum absolute atomic E-state index is 12.4. The Balaban J connectivity index is 2.17. The highest BCUT2D eigenvalue weighted by Gasteiger charge is 2.34. The summed E-state index contributed by atoms with van der Waals surface area (Å²) in [6.07, 6.45) is -0.837. The van der Waals surface area contributed by atoms with Gasteiger partial charge in [0.2, 0.25) is 5.91 Å². The van der Waals surface area contributed by atoms with Gasteiger partial charge >= 0.3 is 0 Å². The highest BCUT2D eigenvalue weighted by atomic mass is 35.5. The molecule has 0 spiro atoms. The lowest BCUT2D eigenvalue weighted by molar-refractivity contribution is -0.116. The number of para-hydroxylation sites is 1. The summed E-state index contributed by atoms with van der Waals surface area (Å²) in [5.74, 6) is -1.15. The smallest absolute Gasteiger partial charge is 0.255 e. The fraction of sp³-hybridized carbons (Fsp3) is 0.125. The number of amides is 2. The highest BCUT2D eigenvalue weighted by molar-refractivity contribution is 6.35. The summed E-state index contributed by atoms with van der Waals surface area (Å²) in [5, 5.41) is 13.4. The molecule has 1 heterocycles. The predicted octanol–water partition coefficient (Wildman–Crippen LogP) is 2.43. The Hall–Kier alpha value is -2.44. The lowest BCUT2D eigenvalue weighted by Gasteiger charge is -2.38. The molecule has 0 saturated heterocycles. The van der Waals surface area contributed by atoms with Crippen LogP contribution in [-0.4, -0.2) is 23.5 Å². The zero-order valence-corrected chi connectivity index (χ0v) is 13.8. The first-order chi connectivity index (χ1) is 11.4. The van der Waals surface area contributed by atoms with Crippen LogP contribution in [0.3, 0.4) is 0 Å². The molecule has 0 radical (unpaired) electrons. The molecule has 124 valence electrons. The average molecular weight is 366 g/mol. The zero-order valence-electron chi connectivity index (χ0n) is 12.3. The Morgan fingerprint density at radius 1 is 1.29 bits per heavy atom. The number of aromatic hydroxyl groups is 1. The lowest BCUT2D eigenvalue weighted by atomic mass is 10.0. The SMILES string of the molecule is NC(=O)CN1c2ccccc2C(=O)N[C@H]1c1cc(Cl)cc(Cl)c1O. The van der Waals surface area contributed by atoms with Crippen LogP contribution >= 0.6 is 23.2 Å². The van der Waals surface area contributed by atoms with Crippen LogP contribution in [0.25, 0.3) is 0 Å². The minimum Gasteiger partial charge on any atom is -0.506 e. The molecular formula is C16H13Cl2N3O3. The number of nitrogens with one attached hydrogen (secondary N) is 1. The first kappa shape index (κ1) is 16.4. The van der Waals surface area contributed by atoms with Crippen molar-refractivity contribution in [3.8, 4) is 5.75 Å². The van der Waals surface area contributed by atoms with E-state index in [1.165, 1.54) is 12.1 Å². The molecule has 0 unspecified atom stereocenters. The van der Waals surface area contributed by atoms with Crippen molar-refractivity contribution in [1.82, 2.24) is 5.32 Å². The van der Waals surface area contributed by atoms with Crippen molar-refractivity contribution in [2.24, 2.45) is 5.73 Å². The normalized spacial score (nSPS) is 16.5. The second-order valence-electron chi connectivity index (χ2n) is 5.31. The fourth-order valence-corrected chi connectivity index (χ4v) is 3.23. The molecule has 0 bridgehead atoms. The number of carbonyl (C=O) groups is 2. The number of benzene rings is 2. The third-order valence-corrected chi connectivity index (χ3v) is 4.22. The van der Waals surface area contributed by atoms with Crippen LogP contribution in [0.4, 0.5) is 5.69 Å². The molecule has 4 N–H and O–H groups in total. The van der Waals surface area contributed by atoms with E-state index in [1.54, 1.807) is 29.2 Å². The molecular weight excluding hydrogens is 353 g/mol. The van der Waals surface area contributed by atoms with Crippen molar-refractivity contribution in [3.63, 3.8) is 0 Å². The average Bonchev–Trinajstić information content (AvgIpc) is 2.53. The Labute approximate surface area is 147 Å². The van der Waals surface area contributed by atoms with Gasteiger partial charge in [-0.05, 0) is 24.3 Å². The van der Waals surface area contributed by atoms with E-state index in [-0.39, 0.29) is 28.8 Å². The minimum absolute atomic E-state index is 0.0460. The second-order valence-corrected chi connectivity index (χ2v) is 6.16. The highest BCUT2D eigenvalue weighted by Crippen LogP contribution is 2.40. The molecule has 2 aromatic rings. The van der Waals surface area contributed by atoms with Crippen LogP contribution in [0, 0.1) is 0 Å². The summed E-state index contributed by atoms with van der Waals surface area (Å²) >= 11 is 12.0. The molecule has 2 amide bonds. The minimum atomic E-state index is -0.837. The molecule has 1 aliphatic rings. The molecule has 8 heteroatoms. The number of halogens is 2. The number of nitrogens with two attached hydrogens (primary N) is 1. The van der Waals surface area contributed by atoms with Gasteiger partial charge in [0.1, 0.15) is 11.9 Å². The molecule has 6 nitrogen and oxygen atoms in total. The Bertz CT molecular complexity index is 841. The van der Waals surface area contributed by atoms with Crippen molar-refractivity contribution >= 4 is 40.7 Å². The van der Waals surface area contributed by atoms with Crippen LogP contribution in [0.5, 0.6) is 5.75 Å². The predicted molar refractivity (Wildman–Crippen MR) is 91.3 cm³/mol.